The molecule has 27 nitrogen and oxygen atoms in total. The summed E-state index contributed by atoms with van der Waals surface area (Å²) in [6.07, 6.45) is 0.796. The number of carbonyl (C=O) groups is 11. The predicted molar refractivity (Wildman–Crippen MR) is 267 cm³/mol. The van der Waals surface area contributed by atoms with E-state index in [1.807, 2.05) is 0 Å². The van der Waals surface area contributed by atoms with Crippen LogP contribution in [0, 0.1) is 0 Å². The fraction of sp³-hybridized carbons (Fsp3) is 0.591. The van der Waals surface area contributed by atoms with Gasteiger partial charge in [0.25, 0.3) is 0 Å². The number of aromatic hydroxyl groups is 1. The molecule has 3 aliphatic rings. The number of likely N-dealkylation sites (tertiary alicyclic amines) is 1. The minimum Gasteiger partial charge on any atom is -0.508 e. The highest BCUT2D eigenvalue weighted by molar-refractivity contribution is 8.76. The molecule has 1 saturated carbocycles. The summed E-state index contributed by atoms with van der Waals surface area (Å²) < 4.78 is 0. The Bertz CT molecular complexity index is 2230. The largest absolute Gasteiger partial charge is 0.508 e. The Labute approximate surface area is 428 Å². The normalized spacial score (nSPS) is 23.7. The number of rotatable bonds is 17. The van der Waals surface area contributed by atoms with Crippen LogP contribution in [0.4, 0.5) is 0 Å². The Kier molecular flexibility index (Phi) is 22.8. The van der Waals surface area contributed by atoms with Crippen LogP contribution in [0.1, 0.15) is 82.6 Å². The number of nitrogens with two attached hydrogens (primary N) is 6. The number of amides is 11. The topological polar surface area (TPSA) is 464 Å². The molecular formula is C44H67N15O12S2. The zero-order valence-corrected chi connectivity index (χ0v) is 41.8. The number of carbonyl (C=O) groups excluding carboxylic acids is 11. The van der Waals surface area contributed by atoms with E-state index in [2.05, 4.69) is 42.2 Å². The molecule has 0 unspecified atom stereocenters. The van der Waals surface area contributed by atoms with Crippen molar-refractivity contribution in [3.63, 3.8) is 0 Å². The number of nitrogens with zero attached hydrogens (tertiary/aromatic N) is 2. The lowest BCUT2D eigenvalue weighted by atomic mass is 9.80. The number of aliphatic imine (C=N–C) groups is 1. The highest BCUT2D eigenvalue weighted by atomic mass is 33.1. The van der Waals surface area contributed by atoms with Crippen LogP contribution >= 0.6 is 21.6 Å². The lowest BCUT2D eigenvalue weighted by molar-refractivity contribution is -0.142. The molecule has 0 bridgehead atoms. The third-order valence-electron chi connectivity index (χ3n) is 12.2. The molecule has 1 aromatic rings. The van der Waals surface area contributed by atoms with Gasteiger partial charge in [-0.05, 0) is 62.6 Å². The van der Waals surface area contributed by atoms with Gasteiger partial charge in [0.05, 0.1) is 19.0 Å². The summed E-state index contributed by atoms with van der Waals surface area (Å²) in [5, 5.41) is 28.0. The molecule has 1 aromatic carbocycles. The molecule has 1 spiro atoms. The average Bonchev–Trinajstić information content (AvgIpc) is 3.84. The number of primary amides is 3. The third-order valence-corrected chi connectivity index (χ3v) is 14.7. The van der Waals surface area contributed by atoms with Gasteiger partial charge in [0, 0.05) is 37.4 Å². The van der Waals surface area contributed by atoms with Gasteiger partial charge in [-0.25, -0.2) is 0 Å². The molecular weight excluding hydrogens is 995 g/mol. The smallest absolute Gasteiger partial charge is 0.246 e. The van der Waals surface area contributed by atoms with E-state index in [0.717, 1.165) is 21.6 Å². The molecule has 402 valence electrons. The summed E-state index contributed by atoms with van der Waals surface area (Å²) in [6.45, 7) is -0.422. The van der Waals surface area contributed by atoms with Gasteiger partial charge in [-0.2, -0.15) is 0 Å². The molecule has 0 radical (unpaired) electrons. The van der Waals surface area contributed by atoms with Gasteiger partial charge < -0.3 is 81.6 Å². The Balaban J connectivity index is 1.70. The number of phenols is 1. The number of phenolic OH excluding ortho intramolecular Hbond substituents is 1. The van der Waals surface area contributed by atoms with Gasteiger partial charge in [0.15, 0.2) is 5.96 Å². The van der Waals surface area contributed by atoms with Crippen molar-refractivity contribution >= 4 is 92.5 Å². The molecule has 3 fully saturated rings. The maximum atomic E-state index is 14.6. The second-order valence-corrected chi connectivity index (χ2v) is 20.5. The van der Waals surface area contributed by atoms with Crippen molar-refractivity contribution in [3.8, 4) is 5.75 Å². The van der Waals surface area contributed by atoms with E-state index in [9.17, 15) is 57.8 Å². The molecule has 2 aliphatic heterocycles. The van der Waals surface area contributed by atoms with E-state index in [1.165, 1.54) is 17.0 Å². The highest BCUT2D eigenvalue weighted by Gasteiger charge is 2.45. The van der Waals surface area contributed by atoms with Crippen LogP contribution in [0.5, 0.6) is 5.75 Å². The Morgan fingerprint density at radius 3 is 2.08 bits per heavy atom. The van der Waals surface area contributed by atoms with Crippen LogP contribution < -0.4 is 71.6 Å². The molecule has 11 amide bonds. The number of hydrogen-bond donors (Lipinski definition) is 14. The summed E-state index contributed by atoms with van der Waals surface area (Å²) in [6, 6.07) is -3.94. The average molecular weight is 1060 g/mol. The molecule has 20 N–H and O–H groups in total. The number of hydrogen-bond acceptors (Lipinski definition) is 16. The van der Waals surface area contributed by atoms with Gasteiger partial charge in [-0.15, -0.1) is 0 Å². The van der Waals surface area contributed by atoms with Gasteiger partial charge >= 0.3 is 0 Å². The number of benzene rings is 1. The summed E-state index contributed by atoms with van der Waals surface area (Å²) in [7, 11) is 2.02. The molecule has 7 atom stereocenters. The van der Waals surface area contributed by atoms with Gasteiger partial charge in [0.1, 0.15) is 47.5 Å². The Morgan fingerprint density at radius 1 is 0.781 bits per heavy atom. The van der Waals surface area contributed by atoms with E-state index in [-0.39, 0.29) is 74.8 Å². The van der Waals surface area contributed by atoms with E-state index in [4.69, 9.17) is 34.4 Å². The van der Waals surface area contributed by atoms with Crippen molar-refractivity contribution < 1.29 is 57.8 Å². The van der Waals surface area contributed by atoms with Crippen molar-refractivity contribution in [2.24, 2.45) is 39.4 Å². The molecule has 2 heterocycles. The van der Waals surface area contributed by atoms with Gasteiger partial charge in [-0.1, -0.05) is 53.0 Å². The number of nitrogens with one attached hydrogen (secondary N) is 7. The standard InChI is InChI=1S/C44H67N15O12S2/c45-25-21-72-73-22-30(41(70)59-17-5-7-31(59)40(69)53-26(6-4-16-51-43(49)50)36(65)52-20-34(48)63)56-38(67)29(19-33(47)62)55-37(66)27(12-13-32(46)61)57-42(71)44(14-2-1-3-15-44)58-39(68)28(54-35(25)64)18-23-8-10-24(60)11-9-23/h8-11,25-31,60H,1-7,12-22,45H2,(H2,46,61)(H2,47,62)(H2,48,63)(H,52,65)(H,53,69)(H,54,64)(H,55,66)(H,56,67)(H,57,71)(H,58,68)(H4,49,50,51)/t25-,26+,27-,28-,29-,30-,31-/m0/s1. The summed E-state index contributed by atoms with van der Waals surface area (Å²) in [5.41, 5.74) is 32.3. The minimum absolute atomic E-state index is 0.00761. The quantitative estimate of drug-likeness (QED) is 0.0300. The molecule has 1 aliphatic carbocycles. The summed E-state index contributed by atoms with van der Waals surface area (Å²) in [4.78, 5) is 153. The fourth-order valence-electron chi connectivity index (χ4n) is 8.38. The van der Waals surface area contributed by atoms with Crippen LogP contribution in [0.2, 0.25) is 0 Å². The second-order valence-electron chi connectivity index (χ2n) is 17.9. The van der Waals surface area contributed by atoms with Crippen LogP contribution in [-0.2, 0) is 59.2 Å². The lowest BCUT2D eigenvalue weighted by Crippen LogP contribution is -2.66. The molecule has 73 heavy (non-hydrogen) atoms. The first kappa shape index (κ1) is 58.7. The molecule has 0 aromatic heterocycles. The van der Waals surface area contributed by atoms with Crippen LogP contribution in [0.3, 0.4) is 0 Å². The maximum Gasteiger partial charge on any atom is 0.246 e. The van der Waals surface area contributed by atoms with E-state index >= 15 is 0 Å². The van der Waals surface area contributed by atoms with Crippen LogP contribution in [-0.4, -0.2) is 160 Å². The molecule has 29 heteroatoms. The monoisotopic (exact) mass is 1060 g/mol. The van der Waals surface area contributed by atoms with E-state index < -0.39 is 139 Å². The molecule has 2 saturated heterocycles. The number of guanidine groups is 1. The third kappa shape index (κ3) is 18.6. The van der Waals surface area contributed by atoms with Gasteiger partial charge in [-0.3, -0.25) is 57.7 Å². The van der Waals surface area contributed by atoms with Crippen molar-refractivity contribution in [2.75, 3.05) is 31.1 Å². The SMILES string of the molecule is NC(=O)CC[C@@H]1NC(=O)C2(CCCCC2)NC(=O)[C@H](Cc2ccc(O)cc2)NC(=O)[C@@H](N)CSSC[C@@H](C(=O)N2CCC[C@H]2C(=O)N[C@H](CCCN=C(N)N)C(=O)NCC(N)=O)NC(=O)[C@H](CC(N)=O)NC1=O. The summed E-state index contributed by atoms with van der Waals surface area (Å²) in [5.74, 6) is -10.1. The summed E-state index contributed by atoms with van der Waals surface area (Å²) >= 11 is 0. The van der Waals surface area contributed by atoms with Crippen molar-refractivity contribution in [3.05, 3.63) is 29.8 Å². The van der Waals surface area contributed by atoms with Crippen molar-refractivity contribution in [1.29, 1.82) is 0 Å². The molecule has 4 rings (SSSR count). The zero-order chi connectivity index (χ0) is 53.8. The van der Waals surface area contributed by atoms with E-state index in [0.29, 0.717) is 31.2 Å². The Morgan fingerprint density at radius 2 is 1.44 bits per heavy atom. The van der Waals surface area contributed by atoms with Gasteiger partial charge in [0.2, 0.25) is 65.0 Å². The second kappa shape index (κ2) is 28.4. The first-order valence-electron chi connectivity index (χ1n) is 23.7. The van der Waals surface area contributed by atoms with Crippen LogP contribution in [0.25, 0.3) is 0 Å². The first-order chi connectivity index (χ1) is 34.6. The fourth-order valence-corrected chi connectivity index (χ4v) is 10.7. The highest BCUT2D eigenvalue weighted by Crippen LogP contribution is 2.30. The minimum atomic E-state index is -1.77. The maximum absolute atomic E-state index is 14.6. The van der Waals surface area contributed by atoms with Crippen molar-refractivity contribution in [1.82, 2.24) is 42.1 Å². The van der Waals surface area contributed by atoms with E-state index in [1.54, 1.807) is 12.1 Å². The Hall–Kier alpha value is -6.88. The lowest BCUT2D eigenvalue weighted by Gasteiger charge is -2.39. The van der Waals surface area contributed by atoms with Crippen LogP contribution in [0.15, 0.2) is 29.3 Å². The predicted octanol–water partition coefficient (Wildman–Crippen LogP) is -5.31. The first-order valence-corrected chi connectivity index (χ1v) is 26.2. The zero-order valence-electron chi connectivity index (χ0n) is 40.2. The van der Waals surface area contributed by atoms with Crippen molar-refractivity contribution in [2.45, 2.75) is 131 Å².